The average Bonchev–Trinajstić information content (AvgIpc) is 2.79. The molecule has 122 valence electrons. The minimum Gasteiger partial charge on any atom is -0.481 e. The molecule has 0 saturated carbocycles. The Morgan fingerprint density at radius 1 is 1.36 bits per heavy atom. The SMILES string of the molecule is CCN(C(=O)COc1c(Cl)cccc1Cl)C1CCS(=O)(=O)C1. The number of amides is 1. The van der Waals surface area contributed by atoms with Crippen molar-refractivity contribution >= 4 is 38.9 Å². The van der Waals surface area contributed by atoms with Gasteiger partial charge in [0.05, 0.1) is 21.6 Å². The number of likely N-dealkylation sites (N-methyl/N-ethyl adjacent to an activating group) is 1. The molecule has 1 unspecified atom stereocenters. The summed E-state index contributed by atoms with van der Waals surface area (Å²) in [7, 11) is -3.04. The first kappa shape index (κ1) is 17.4. The standard InChI is InChI=1S/C14H17Cl2NO4S/c1-2-17(10-6-7-22(19,20)9-10)13(18)8-21-14-11(15)4-3-5-12(14)16/h3-5,10H,2,6-9H2,1H3. The van der Waals surface area contributed by atoms with Gasteiger partial charge in [-0.15, -0.1) is 0 Å². The van der Waals surface area contributed by atoms with Crippen molar-refractivity contribution in [3.8, 4) is 5.75 Å². The van der Waals surface area contributed by atoms with Crippen LogP contribution in [0.2, 0.25) is 10.0 Å². The average molecular weight is 366 g/mol. The van der Waals surface area contributed by atoms with Crippen LogP contribution in [0.3, 0.4) is 0 Å². The highest BCUT2D eigenvalue weighted by atomic mass is 35.5. The highest BCUT2D eigenvalue weighted by Crippen LogP contribution is 2.32. The van der Waals surface area contributed by atoms with Crippen LogP contribution in [0.4, 0.5) is 0 Å². The summed E-state index contributed by atoms with van der Waals surface area (Å²) in [5.41, 5.74) is 0. The van der Waals surface area contributed by atoms with Crippen molar-refractivity contribution in [2.75, 3.05) is 24.7 Å². The van der Waals surface area contributed by atoms with E-state index in [1.165, 1.54) is 4.90 Å². The van der Waals surface area contributed by atoms with Gasteiger partial charge in [-0.25, -0.2) is 8.42 Å². The number of benzene rings is 1. The minimum atomic E-state index is -3.04. The number of rotatable bonds is 5. The molecular weight excluding hydrogens is 349 g/mol. The third-order valence-electron chi connectivity index (χ3n) is 3.57. The van der Waals surface area contributed by atoms with Crippen LogP contribution < -0.4 is 4.74 Å². The van der Waals surface area contributed by atoms with Crippen LogP contribution in [0, 0.1) is 0 Å². The van der Waals surface area contributed by atoms with Crippen LogP contribution in [0.15, 0.2) is 18.2 Å². The number of sulfone groups is 1. The number of ether oxygens (including phenoxy) is 1. The zero-order chi connectivity index (χ0) is 16.3. The molecule has 0 bridgehead atoms. The molecule has 1 aliphatic rings. The topological polar surface area (TPSA) is 63.7 Å². The maximum atomic E-state index is 12.3. The summed E-state index contributed by atoms with van der Waals surface area (Å²) in [5, 5.41) is 0.651. The van der Waals surface area contributed by atoms with Crippen molar-refractivity contribution in [2.24, 2.45) is 0 Å². The molecule has 0 aromatic heterocycles. The van der Waals surface area contributed by atoms with E-state index in [-0.39, 0.29) is 35.8 Å². The fourth-order valence-corrected chi connectivity index (χ4v) is 4.73. The number of hydrogen-bond acceptors (Lipinski definition) is 4. The number of halogens is 2. The second-order valence-corrected chi connectivity index (χ2v) is 8.12. The first-order valence-electron chi connectivity index (χ1n) is 6.90. The largest absolute Gasteiger partial charge is 0.481 e. The predicted molar refractivity (Wildman–Crippen MR) is 86.4 cm³/mol. The van der Waals surface area contributed by atoms with E-state index >= 15 is 0 Å². The number of carbonyl (C=O) groups excluding carboxylic acids is 1. The van der Waals surface area contributed by atoms with E-state index < -0.39 is 9.84 Å². The lowest BCUT2D eigenvalue weighted by Gasteiger charge is -2.26. The van der Waals surface area contributed by atoms with Crippen LogP contribution >= 0.6 is 23.2 Å². The molecule has 1 aromatic rings. The molecule has 2 rings (SSSR count). The van der Waals surface area contributed by atoms with Crippen molar-refractivity contribution in [2.45, 2.75) is 19.4 Å². The number of para-hydroxylation sites is 1. The molecule has 1 saturated heterocycles. The van der Waals surface area contributed by atoms with Crippen LogP contribution in [0.1, 0.15) is 13.3 Å². The van der Waals surface area contributed by atoms with Gasteiger partial charge in [-0.3, -0.25) is 4.79 Å². The van der Waals surface area contributed by atoms with Crippen molar-refractivity contribution < 1.29 is 17.9 Å². The Bertz CT molecular complexity index is 643. The van der Waals surface area contributed by atoms with Crippen LogP contribution in [-0.4, -0.2) is 49.9 Å². The van der Waals surface area contributed by atoms with E-state index in [1.54, 1.807) is 18.2 Å². The summed E-state index contributed by atoms with van der Waals surface area (Å²) in [6, 6.07) is 4.64. The van der Waals surface area contributed by atoms with E-state index in [0.717, 1.165) is 0 Å². The molecule has 0 radical (unpaired) electrons. The Morgan fingerprint density at radius 3 is 2.50 bits per heavy atom. The maximum absolute atomic E-state index is 12.3. The van der Waals surface area contributed by atoms with Gasteiger partial charge in [0.2, 0.25) is 0 Å². The zero-order valence-electron chi connectivity index (χ0n) is 12.1. The summed E-state index contributed by atoms with van der Waals surface area (Å²) in [6.45, 7) is 2.01. The van der Waals surface area contributed by atoms with Crippen LogP contribution in [0.25, 0.3) is 0 Å². The van der Waals surface area contributed by atoms with E-state index in [2.05, 4.69) is 0 Å². The molecule has 1 atom stereocenters. The first-order chi connectivity index (χ1) is 10.3. The molecule has 1 aliphatic heterocycles. The van der Waals surface area contributed by atoms with Crippen LogP contribution in [0.5, 0.6) is 5.75 Å². The van der Waals surface area contributed by atoms with E-state index in [9.17, 15) is 13.2 Å². The Kier molecular flexibility index (Phi) is 5.58. The van der Waals surface area contributed by atoms with E-state index in [1.807, 2.05) is 6.92 Å². The van der Waals surface area contributed by atoms with Gasteiger partial charge < -0.3 is 9.64 Å². The number of hydrogen-bond donors (Lipinski definition) is 0. The molecule has 1 fully saturated rings. The summed E-state index contributed by atoms with van der Waals surface area (Å²) in [6.07, 6.45) is 0.467. The van der Waals surface area contributed by atoms with Crippen LogP contribution in [-0.2, 0) is 14.6 Å². The fourth-order valence-electron chi connectivity index (χ4n) is 2.50. The van der Waals surface area contributed by atoms with Gasteiger partial charge in [0, 0.05) is 12.6 Å². The van der Waals surface area contributed by atoms with Gasteiger partial charge in [-0.2, -0.15) is 0 Å². The molecule has 22 heavy (non-hydrogen) atoms. The lowest BCUT2D eigenvalue weighted by Crippen LogP contribution is -2.43. The Labute approximate surface area is 140 Å². The lowest BCUT2D eigenvalue weighted by molar-refractivity contribution is -0.135. The smallest absolute Gasteiger partial charge is 0.260 e. The summed E-state index contributed by atoms with van der Waals surface area (Å²) < 4.78 is 28.5. The normalized spacial score (nSPS) is 19.9. The van der Waals surface area contributed by atoms with Crippen molar-refractivity contribution in [1.29, 1.82) is 0 Å². The first-order valence-corrected chi connectivity index (χ1v) is 9.48. The molecule has 1 amide bonds. The highest BCUT2D eigenvalue weighted by Gasteiger charge is 2.34. The summed E-state index contributed by atoms with van der Waals surface area (Å²) in [5.74, 6) is 0.118. The monoisotopic (exact) mass is 365 g/mol. The Morgan fingerprint density at radius 2 is 2.00 bits per heavy atom. The molecule has 0 aliphatic carbocycles. The summed E-state index contributed by atoms with van der Waals surface area (Å²) in [4.78, 5) is 13.8. The Hall–Kier alpha value is -0.980. The third kappa shape index (κ3) is 4.06. The second-order valence-electron chi connectivity index (χ2n) is 5.08. The lowest BCUT2D eigenvalue weighted by atomic mass is 10.2. The minimum absolute atomic E-state index is 0.0133. The molecule has 0 spiro atoms. The zero-order valence-corrected chi connectivity index (χ0v) is 14.4. The van der Waals surface area contributed by atoms with Gasteiger partial charge >= 0.3 is 0 Å². The summed E-state index contributed by atoms with van der Waals surface area (Å²) >= 11 is 12.0. The molecule has 0 N–H and O–H groups in total. The highest BCUT2D eigenvalue weighted by molar-refractivity contribution is 7.91. The molecule has 1 aromatic carbocycles. The Balaban J connectivity index is 2.01. The predicted octanol–water partition coefficient (Wildman–Crippen LogP) is 2.41. The molecule has 5 nitrogen and oxygen atoms in total. The van der Waals surface area contributed by atoms with E-state index in [0.29, 0.717) is 23.0 Å². The van der Waals surface area contributed by atoms with Gasteiger partial charge in [0.25, 0.3) is 5.91 Å². The third-order valence-corrected chi connectivity index (χ3v) is 5.91. The molecule has 8 heteroatoms. The van der Waals surface area contributed by atoms with Crippen molar-refractivity contribution in [3.63, 3.8) is 0 Å². The van der Waals surface area contributed by atoms with Gasteiger partial charge in [0.1, 0.15) is 0 Å². The van der Waals surface area contributed by atoms with Crippen molar-refractivity contribution in [3.05, 3.63) is 28.2 Å². The second kappa shape index (κ2) is 7.06. The molecular formula is C14H17Cl2NO4S. The number of nitrogens with zero attached hydrogens (tertiary/aromatic N) is 1. The van der Waals surface area contributed by atoms with Gasteiger partial charge in [0.15, 0.2) is 22.2 Å². The number of carbonyl (C=O) groups is 1. The van der Waals surface area contributed by atoms with E-state index in [4.69, 9.17) is 27.9 Å². The maximum Gasteiger partial charge on any atom is 0.260 e. The fraction of sp³-hybridized carbons (Fsp3) is 0.500. The van der Waals surface area contributed by atoms with Gasteiger partial charge in [-0.1, -0.05) is 29.3 Å². The van der Waals surface area contributed by atoms with Gasteiger partial charge in [-0.05, 0) is 25.5 Å². The van der Waals surface area contributed by atoms with Crippen molar-refractivity contribution in [1.82, 2.24) is 4.90 Å². The quantitative estimate of drug-likeness (QED) is 0.803. The molecule has 1 heterocycles.